The normalized spacial score (nSPS) is 16.5. The van der Waals surface area contributed by atoms with Crippen LogP contribution in [0.5, 0.6) is 0 Å². The van der Waals surface area contributed by atoms with E-state index >= 15 is 0 Å². The summed E-state index contributed by atoms with van der Waals surface area (Å²) in [6.07, 6.45) is 2.45. The van der Waals surface area contributed by atoms with Gasteiger partial charge >= 0.3 is 0 Å². The minimum Gasteiger partial charge on any atom is -0.383 e. The van der Waals surface area contributed by atoms with Gasteiger partial charge in [0.2, 0.25) is 0 Å². The predicted molar refractivity (Wildman–Crippen MR) is 58.4 cm³/mol. The SMILES string of the molecule is Nc1nc(C2CC2)cc(Cl)c1I. The molecule has 1 aromatic rings. The van der Waals surface area contributed by atoms with Gasteiger partial charge in [-0.1, -0.05) is 11.6 Å². The molecule has 1 aliphatic carbocycles. The summed E-state index contributed by atoms with van der Waals surface area (Å²) in [5.74, 6) is 1.17. The molecule has 2 N–H and O–H groups in total. The third kappa shape index (κ3) is 1.52. The lowest BCUT2D eigenvalue weighted by Crippen LogP contribution is -1.98. The molecule has 1 saturated carbocycles. The first-order chi connectivity index (χ1) is 5.68. The lowest BCUT2D eigenvalue weighted by atomic mass is 10.2. The van der Waals surface area contributed by atoms with Crippen molar-refractivity contribution in [2.45, 2.75) is 18.8 Å². The van der Waals surface area contributed by atoms with Crippen LogP contribution in [0.3, 0.4) is 0 Å². The zero-order valence-electron chi connectivity index (χ0n) is 6.35. The molecule has 1 aliphatic rings. The number of nitrogens with two attached hydrogens (primary N) is 1. The van der Waals surface area contributed by atoms with E-state index in [9.17, 15) is 0 Å². The van der Waals surface area contributed by atoms with E-state index in [0.29, 0.717) is 11.7 Å². The number of nitrogens with zero attached hydrogens (tertiary/aromatic N) is 1. The minimum atomic E-state index is 0.560. The highest BCUT2D eigenvalue weighted by molar-refractivity contribution is 14.1. The first kappa shape index (κ1) is 8.56. The van der Waals surface area contributed by atoms with Crippen LogP contribution in [0.25, 0.3) is 0 Å². The number of nitrogen functional groups attached to an aromatic ring is 1. The van der Waals surface area contributed by atoms with Crippen molar-refractivity contribution in [1.82, 2.24) is 4.98 Å². The van der Waals surface area contributed by atoms with Crippen LogP contribution in [0, 0.1) is 3.57 Å². The van der Waals surface area contributed by atoms with Crippen LogP contribution in [-0.4, -0.2) is 4.98 Å². The molecule has 0 saturated heterocycles. The quantitative estimate of drug-likeness (QED) is 0.809. The van der Waals surface area contributed by atoms with Crippen LogP contribution < -0.4 is 5.73 Å². The van der Waals surface area contributed by atoms with Gasteiger partial charge in [0.25, 0.3) is 0 Å². The summed E-state index contributed by atoms with van der Waals surface area (Å²) in [4.78, 5) is 4.28. The molecule has 1 heterocycles. The standard InChI is InChI=1S/C8H8ClIN2/c9-5-3-6(4-1-2-4)12-8(11)7(5)10/h3-4H,1-2H2,(H2,11,12). The van der Waals surface area contributed by atoms with E-state index in [-0.39, 0.29) is 0 Å². The number of rotatable bonds is 1. The van der Waals surface area contributed by atoms with Gasteiger partial charge in [-0.3, -0.25) is 0 Å². The molecular weight excluding hydrogens is 286 g/mol. The molecular formula is C8H8ClIN2. The fraction of sp³-hybridized carbons (Fsp3) is 0.375. The number of anilines is 1. The van der Waals surface area contributed by atoms with Crippen molar-refractivity contribution in [2.75, 3.05) is 5.73 Å². The summed E-state index contributed by atoms with van der Waals surface area (Å²) in [6, 6.07) is 1.93. The van der Waals surface area contributed by atoms with Gasteiger partial charge in [0.05, 0.1) is 8.59 Å². The minimum absolute atomic E-state index is 0.560. The Morgan fingerprint density at radius 2 is 2.25 bits per heavy atom. The van der Waals surface area contributed by atoms with E-state index in [1.165, 1.54) is 12.8 Å². The van der Waals surface area contributed by atoms with E-state index in [1.54, 1.807) is 0 Å². The van der Waals surface area contributed by atoms with Gasteiger partial charge in [0.1, 0.15) is 5.82 Å². The van der Waals surface area contributed by atoms with Crippen LogP contribution in [0.2, 0.25) is 5.02 Å². The Labute approximate surface area is 89.6 Å². The van der Waals surface area contributed by atoms with Gasteiger partial charge in [-0.15, -0.1) is 0 Å². The van der Waals surface area contributed by atoms with E-state index in [4.69, 9.17) is 17.3 Å². The van der Waals surface area contributed by atoms with E-state index in [2.05, 4.69) is 27.6 Å². The summed E-state index contributed by atoms with van der Waals surface area (Å²) < 4.78 is 0.860. The second kappa shape index (κ2) is 3.03. The number of halogens is 2. The second-order valence-electron chi connectivity index (χ2n) is 3.00. The van der Waals surface area contributed by atoms with Crippen LogP contribution in [0.15, 0.2) is 6.07 Å². The molecule has 0 unspecified atom stereocenters. The number of pyridine rings is 1. The molecule has 12 heavy (non-hydrogen) atoms. The lowest BCUT2D eigenvalue weighted by molar-refractivity contribution is 1.02. The van der Waals surface area contributed by atoms with Crippen molar-refractivity contribution in [2.24, 2.45) is 0 Å². The van der Waals surface area contributed by atoms with Gasteiger partial charge < -0.3 is 5.73 Å². The smallest absolute Gasteiger partial charge is 0.138 e. The van der Waals surface area contributed by atoms with E-state index in [0.717, 1.165) is 14.3 Å². The van der Waals surface area contributed by atoms with Crippen LogP contribution in [-0.2, 0) is 0 Å². The second-order valence-corrected chi connectivity index (χ2v) is 4.49. The van der Waals surface area contributed by atoms with Crippen molar-refractivity contribution in [3.8, 4) is 0 Å². The molecule has 0 atom stereocenters. The Kier molecular flexibility index (Phi) is 2.16. The maximum atomic E-state index is 5.96. The fourth-order valence-electron chi connectivity index (χ4n) is 1.12. The largest absolute Gasteiger partial charge is 0.383 e. The molecule has 4 heteroatoms. The van der Waals surface area contributed by atoms with Crippen LogP contribution >= 0.6 is 34.2 Å². The highest BCUT2D eigenvalue weighted by Crippen LogP contribution is 2.40. The monoisotopic (exact) mass is 294 g/mol. The molecule has 0 bridgehead atoms. The Hall–Kier alpha value is -0.0300. The Bertz CT molecular complexity index is 300. The molecule has 0 spiro atoms. The molecule has 64 valence electrons. The third-order valence-electron chi connectivity index (χ3n) is 1.95. The Morgan fingerprint density at radius 1 is 1.58 bits per heavy atom. The van der Waals surface area contributed by atoms with Crippen molar-refractivity contribution in [1.29, 1.82) is 0 Å². The van der Waals surface area contributed by atoms with E-state index < -0.39 is 0 Å². The molecule has 2 rings (SSSR count). The zero-order chi connectivity index (χ0) is 8.72. The average molecular weight is 295 g/mol. The molecule has 0 amide bonds. The van der Waals surface area contributed by atoms with Crippen LogP contribution in [0.4, 0.5) is 5.82 Å². The summed E-state index contributed by atoms with van der Waals surface area (Å²) in [7, 11) is 0. The molecule has 2 nitrogen and oxygen atoms in total. The first-order valence-electron chi connectivity index (χ1n) is 3.80. The molecule has 0 aromatic carbocycles. The van der Waals surface area contributed by atoms with Gasteiger partial charge in [0, 0.05) is 11.6 Å². The molecule has 1 fully saturated rings. The highest BCUT2D eigenvalue weighted by Gasteiger charge is 2.26. The fourth-order valence-corrected chi connectivity index (χ4v) is 1.61. The van der Waals surface area contributed by atoms with Crippen molar-refractivity contribution in [3.63, 3.8) is 0 Å². The predicted octanol–water partition coefficient (Wildman–Crippen LogP) is 2.80. The summed E-state index contributed by atoms with van der Waals surface area (Å²) in [5.41, 5.74) is 6.74. The third-order valence-corrected chi connectivity index (χ3v) is 3.71. The summed E-state index contributed by atoms with van der Waals surface area (Å²) in [5, 5.41) is 0.727. The Balaban J connectivity index is 2.45. The van der Waals surface area contributed by atoms with Gasteiger partial charge in [-0.05, 0) is 41.5 Å². The Morgan fingerprint density at radius 3 is 2.75 bits per heavy atom. The average Bonchev–Trinajstić information content (AvgIpc) is 2.81. The van der Waals surface area contributed by atoms with Gasteiger partial charge in [-0.25, -0.2) is 4.98 Å². The molecule has 0 aliphatic heterocycles. The van der Waals surface area contributed by atoms with E-state index in [1.807, 2.05) is 6.07 Å². The number of hydrogen-bond donors (Lipinski definition) is 1. The first-order valence-corrected chi connectivity index (χ1v) is 5.25. The molecule has 0 radical (unpaired) electrons. The van der Waals surface area contributed by atoms with Gasteiger partial charge in [-0.2, -0.15) is 0 Å². The summed E-state index contributed by atoms with van der Waals surface area (Å²) >= 11 is 8.07. The topological polar surface area (TPSA) is 38.9 Å². The lowest BCUT2D eigenvalue weighted by Gasteiger charge is -2.03. The number of hydrogen-bond acceptors (Lipinski definition) is 2. The number of aromatic nitrogens is 1. The molecule has 1 aromatic heterocycles. The highest BCUT2D eigenvalue weighted by atomic mass is 127. The zero-order valence-corrected chi connectivity index (χ0v) is 9.26. The van der Waals surface area contributed by atoms with Crippen molar-refractivity contribution >= 4 is 40.0 Å². The van der Waals surface area contributed by atoms with Gasteiger partial charge in [0.15, 0.2) is 0 Å². The van der Waals surface area contributed by atoms with Crippen molar-refractivity contribution < 1.29 is 0 Å². The van der Waals surface area contributed by atoms with Crippen LogP contribution in [0.1, 0.15) is 24.5 Å². The maximum Gasteiger partial charge on any atom is 0.138 e. The summed E-state index contributed by atoms with van der Waals surface area (Å²) in [6.45, 7) is 0. The maximum absolute atomic E-state index is 5.96. The van der Waals surface area contributed by atoms with Crippen molar-refractivity contribution in [3.05, 3.63) is 20.4 Å².